The summed E-state index contributed by atoms with van der Waals surface area (Å²) < 4.78 is 4.25. The highest BCUT2D eigenvalue weighted by molar-refractivity contribution is 6.16. The summed E-state index contributed by atoms with van der Waals surface area (Å²) in [6.07, 6.45) is 7.48. The van der Waals surface area contributed by atoms with Gasteiger partial charge in [-0.2, -0.15) is 5.10 Å². The third-order valence-electron chi connectivity index (χ3n) is 4.17. The zero-order chi connectivity index (χ0) is 14.1. The standard InChI is InChI=1S/C15H23ClN4/c1-3-5-12-14-15(19(2)18-12)20(13(10-16)17-14)9-4-6-11-7-8-11/h11H,3-10H2,1-2H3. The number of hydrogen-bond acceptors (Lipinski definition) is 2. The van der Waals surface area contributed by atoms with Gasteiger partial charge in [0.05, 0.1) is 11.6 Å². The molecule has 0 amide bonds. The summed E-state index contributed by atoms with van der Waals surface area (Å²) in [5.74, 6) is 2.45. The van der Waals surface area contributed by atoms with E-state index < -0.39 is 0 Å². The first-order valence-corrected chi connectivity index (χ1v) is 8.25. The topological polar surface area (TPSA) is 35.6 Å². The van der Waals surface area contributed by atoms with Crippen LogP contribution in [0.4, 0.5) is 0 Å². The molecule has 0 unspecified atom stereocenters. The largest absolute Gasteiger partial charge is 0.312 e. The van der Waals surface area contributed by atoms with E-state index in [1.54, 1.807) is 0 Å². The van der Waals surface area contributed by atoms with E-state index in [1.807, 2.05) is 11.7 Å². The minimum atomic E-state index is 0.476. The van der Waals surface area contributed by atoms with Crippen LogP contribution < -0.4 is 0 Å². The van der Waals surface area contributed by atoms with Crippen molar-refractivity contribution in [2.75, 3.05) is 0 Å². The normalized spacial score (nSPS) is 15.3. The van der Waals surface area contributed by atoms with Gasteiger partial charge in [0, 0.05) is 13.6 Å². The SMILES string of the molecule is CCCc1nn(C)c2c1nc(CCl)n2CCCC1CC1. The van der Waals surface area contributed by atoms with E-state index in [2.05, 4.69) is 16.6 Å². The van der Waals surface area contributed by atoms with Gasteiger partial charge in [-0.15, -0.1) is 11.6 Å². The van der Waals surface area contributed by atoms with Crippen molar-refractivity contribution in [1.82, 2.24) is 19.3 Å². The van der Waals surface area contributed by atoms with Crippen LogP contribution >= 0.6 is 11.6 Å². The second-order valence-corrected chi connectivity index (χ2v) is 6.16. The van der Waals surface area contributed by atoms with Gasteiger partial charge in [-0.05, 0) is 25.2 Å². The summed E-state index contributed by atoms with van der Waals surface area (Å²) in [5, 5.41) is 4.62. The number of alkyl halides is 1. The maximum Gasteiger partial charge on any atom is 0.158 e. The monoisotopic (exact) mass is 294 g/mol. The molecule has 0 atom stereocenters. The molecule has 0 saturated heterocycles. The Morgan fingerprint density at radius 3 is 2.80 bits per heavy atom. The number of fused-ring (bicyclic) bond motifs is 1. The Hall–Kier alpha value is -1.03. The van der Waals surface area contributed by atoms with E-state index in [0.29, 0.717) is 5.88 Å². The number of rotatable bonds is 7. The second kappa shape index (κ2) is 5.76. The predicted molar refractivity (Wildman–Crippen MR) is 82.0 cm³/mol. The van der Waals surface area contributed by atoms with E-state index in [9.17, 15) is 0 Å². The molecule has 0 spiro atoms. The van der Waals surface area contributed by atoms with Crippen LogP contribution in [0.5, 0.6) is 0 Å². The first kappa shape index (κ1) is 13.9. The molecular weight excluding hydrogens is 272 g/mol. The van der Waals surface area contributed by atoms with Gasteiger partial charge in [-0.1, -0.05) is 26.2 Å². The van der Waals surface area contributed by atoms with Crippen LogP contribution in [-0.2, 0) is 25.9 Å². The Labute approximate surface area is 125 Å². The Bertz CT molecular complexity index is 595. The van der Waals surface area contributed by atoms with Crippen molar-refractivity contribution in [1.29, 1.82) is 0 Å². The summed E-state index contributed by atoms with van der Waals surface area (Å²) in [6, 6.07) is 0. The average Bonchev–Trinajstić information content (AvgIpc) is 3.10. The van der Waals surface area contributed by atoms with E-state index >= 15 is 0 Å². The minimum Gasteiger partial charge on any atom is -0.312 e. The molecule has 1 saturated carbocycles. The van der Waals surface area contributed by atoms with Crippen LogP contribution in [0.3, 0.4) is 0 Å². The summed E-state index contributed by atoms with van der Waals surface area (Å²) in [4.78, 5) is 4.73. The fourth-order valence-corrected chi connectivity index (χ4v) is 3.18. The zero-order valence-corrected chi connectivity index (χ0v) is 13.2. The van der Waals surface area contributed by atoms with Crippen LogP contribution in [0.2, 0.25) is 0 Å². The second-order valence-electron chi connectivity index (χ2n) is 5.89. The van der Waals surface area contributed by atoms with Gasteiger partial charge in [-0.25, -0.2) is 4.98 Å². The van der Waals surface area contributed by atoms with Gasteiger partial charge in [0.1, 0.15) is 11.3 Å². The van der Waals surface area contributed by atoms with Gasteiger partial charge in [-0.3, -0.25) is 4.68 Å². The first-order valence-electron chi connectivity index (χ1n) is 7.71. The van der Waals surface area contributed by atoms with E-state index in [-0.39, 0.29) is 0 Å². The maximum absolute atomic E-state index is 6.08. The first-order chi connectivity index (χ1) is 9.74. The van der Waals surface area contributed by atoms with Crippen molar-refractivity contribution in [3.05, 3.63) is 11.5 Å². The molecular formula is C15H23ClN4. The Kier molecular flexibility index (Phi) is 4.01. The lowest BCUT2D eigenvalue weighted by Crippen LogP contribution is -2.07. The molecule has 0 bridgehead atoms. The van der Waals surface area contributed by atoms with Crippen molar-refractivity contribution >= 4 is 22.8 Å². The smallest absolute Gasteiger partial charge is 0.158 e. The van der Waals surface area contributed by atoms with Gasteiger partial charge in [0.2, 0.25) is 0 Å². The number of aryl methyl sites for hydroxylation is 3. The van der Waals surface area contributed by atoms with E-state index in [4.69, 9.17) is 16.6 Å². The van der Waals surface area contributed by atoms with Crippen LogP contribution in [0, 0.1) is 5.92 Å². The van der Waals surface area contributed by atoms with Crippen LogP contribution in [0.1, 0.15) is 50.5 Å². The van der Waals surface area contributed by atoms with Crippen LogP contribution in [0.15, 0.2) is 0 Å². The number of aromatic nitrogens is 4. The fraction of sp³-hybridized carbons (Fsp3) is 0.733. The molecule has 4 nitrogen and oxygen atoms in total. The van der Waals surface area contributed by atoms with Crippen molar-refractivity contribution in [2.24, 2.45) is 13.0 Å². The van der Waals surface area contributed by atoms with Gasteiger partial charge >= 0.3 is 0 Å². The Morgan fingerprint density at radius 2 is 2.15 bits per heavy atom. The molecule has 1 fully saturated rings. The molecule has 0 radical (unpaired) electrons. The lowest BCUT2D eigenvalue weighted by molar-refractivity contribution is 0.564. The number of imidazole rings is 1. The van der Waals surface area contributed by atoms with Crippen molar-refractivity contribution in [2.45, 2.75) is 57.9 Å². The molecule has 1 aliphatic carbocycles. The molecule has 110 valence electrons. The average molecular weight is 295 g/mol. The summed E-state index contributed by atoms with van der Waals surface area (Å²) in [6.45, 7) is 3.19. The molecule has 0 N–H and O–H groups in total. The minimum absolute atomic E-state index is 0.476. The number of halogens is 1. The van der Waals surface area contributed by atoms with Crippen LogP contribution in [-0.4, -0.2) is 19.3 Å². The number of nitrogens with zero attached hydrogens (tertiary/aromatic N) is 4. The van der Waals surface area contributed by atoms with Crippen LogP contribution in [0.25, 0.3) is 11.2 Å². The molecule has 1 aliphatic rings. The lowest BCUT2D eigenvalue weighted by Gasteiger charge is -2.07. The van der Waals surface area contributed by atoms with E-state index in [1.165, 1.54) is 25.7 Å². The predicted octanol–water partition coefficient (Wildman–Crippen LogP) is 3.65. The molecule has 3 rings (SSSR count). The molecule has 2 aromatic rings. The highest BCUT2D eigenvalue weighted by atomic mass is 35.5. The van der Waals surface area contributed by atoms with Crippen molar-refractivity contribution < 1.29 is 0 Å². The molecule has 5 heteroatoms. The third kappa shape index (κ3) is 2.58. The third-order valence-corrected chi connectivity index (χ3v) is 4.41. The lowest BCUT2D eigenvalue weighted by atomic mass is 10.2. The quantitative estimate of drug-likeness (QED) is 0.731. The molecule has 2 heterocycles. The Morgan fingerprint density at radius 1 is 1.35 bits per heavy atom. The van der Waals surface area contributed by atoms with E-state index in [0.717, 1.165) is 48.0 Å². The van der Waals surface area contributed by atoms with Gasteiger partial charge in [0.25, 0.3) is 0 Å². The van der Waals surface area contributed by atoms with Crippen molar-refractivity contribution in [3.63, 3.8) is 0 Å². The van der Waals surface area contributed by atoms with Gasteiger partial charge < -0.3 is 4.57 Å². The molecule has 0 aliphatic heterocycles. The highest BCUT2D eigenvalue weighted by Crippen LogP contribution is 2.34. The molecule has 0 aromatic carbocycles. The zero-order valence-electron chi connectivity index (χ0n) is 12.4. The molecule has 20 heavy (non-hydrogen) atoms. The van der Waals surface area contributed by atoms with Gasteiger partial charge in [0.15, 0.2) is 5.65 Å². The fourth-order valence-electron chi connectivity index (χ4n) is 2.97. The van der Waals surface area contributed by atoms with Crippen molar-refractivity contribution in [3.8, 4) is 0 Å². The maximum atomic E-state index is 6.08. The highest BCUT2D eigenvalue weighted by Gasteiger charge is 2.22. The Balaban J connectivity index is 1.90. The summed E-state index contributed by atoms with van der Waals surface area (Å²) >= 11 is 6.08. The number of hydrogen-bond donors (Lipinski definition) is 0. The molecule has 2 aromatic heterocycles. The summed E-state index contributed by atoms with van der Waals surface area (Å²) in [5.41, 5.74) is 3.30. The summed E-state index contributed by atoms with van der Waals surface area (Å²) in [7, 11) is 2.01.